The van der Waals surface area contributed by atoms with Crippen LogP contribution in [0.2, 0.25) is 0 Å². The fourth-order valence-electron chi connectivity index (χ4n) is 1.32. The number of halogens is 2. The number of benzene rings is 1. The van der Waals surface area contributed by atoms with Gasteiger partial charge in [0.1, 0.15) is 5.69 Å². The molecule has 1 amide bonds. The van der Waals surface area contributed by atoms with Crippen LogP contribution in [0.5, 0.6) is 0 Å². The van der Waals surface area contributed by atoms with Gasteiger partial charge in [-0.2, -0.15) is 0 Å². The number of aliphatic carboxylic acids is 1. The number of carbonyl (C=O) groups excluding carboxylic acids is 1. The van der Waals surface area contributed by atoms with Crippen molar-refractivity contribution in [1.29, 1.82) is 0 Å². The van der Waals surface area contributed by atoms with Crippen molar-refractivity contribution in [1.82, 2.24) is 4.98 Å². The minimum Gasteiger partial charge on any atom is -0.479 e. The van der Waals surface area contributed by atoms with Crippen molar-refractivity contribution in [3.05, 3.63) is 42.2 Å². The van der Waals surface area contributed by atoms with E-state index in [1.54, 1.807) is 6.20 Å². The third kappa shape index (κ3) is 4.39. The number of amides is 1. The first-order chi connectivity index (χ1) is 8.93. The molecule has 2 aromatic rings. The second-order valence-corrected chi connectivity index (χ2v) is 4.48. The number of hydrogen-bond donors (Lipinski definition) is 2. The molecule has 0 saturated carbocycles. The highest BCUT2D eigenvalue weighted by Crippen LogP contribution is 2.15. The van der Waals surface area contributed by atoms with Crippen molar-refractivity contribution in [2.75, 3.05) is 0 Å². The molecule has 0 radical (unpaired) electrons. The molecule has 3 N–H and O–H groups in total. The monoisotopic (exact) mass is 300 g/mol. The lowest BCUT2D eigenvalue weighted by Gasteiger charge is -2.00. The molecule has 2 rings (SSSR count). The maximum atomic E-state index is 11.0. The Labute approximate surface area is 118 Å². The van der Waals surface area contributed by atoms with Gasteiger partial charge in [0.05, 0.1) is 0 Å². The van der Waals surface area contributed by atoms with E-state index in [-0.39, 0.29) is 0 Å². The summed E-state index contributed by atoms with van der Waals surface area (Å²) in [5.74, 6) is -1.70. The largest absolute Gasteiger partial charge is 0.479 e. The Morgan fingerprint density at radius 1 is 1.21 bits per heavy atom. The van der Waals surface area contributed by atoms with E-state index in [9.17, 15) is 9.59 Å². The molecule has 1 aromatic carbocycles. The Morgan fingerprint density at radius 3 is 2.32 bits per heavy atom. The number of primary amides is 1. The second kappa shape index (κ2) is 6.92. The van der Waals surface area contributed by atoms with Gasteiger partial charge in [0.15, 0.2) is 0 Å². The average Bonchev–Trinajstić information content (AvgIpc) is 2.38. The first-order valence-electron chi connectivity index (χ1n) is 5.08. The molecule has 0 saturated heterocycles. The highest BCUT2D eigenvalue weighted by Gasteiger charge is 2.06. The third-order valence-corrected chi connectivity index (χ3v) is 2.47. The van der Waals surface area contributed by atoms with Crippen molar-refractivity contribution in [3.63, 3.8) is 0 Å². The molecular formula is C12H10Cl2N2O3. The normalized spacial score (nSPS) is 9.84. The molecule has 1 heterocycles. The highest BCUT2D eigenvalue weighted by molar-refractivity contribution is 6.52. The Hall–Kier alpha value is -1.85. The van der Waals surface area contributed by atoms with Crippen LogP contribution < -0.4 is 5.73 Å². The summed E-state index contributed by atoms with van der Waals surface area (Å²) in [4.78, 5) is 23.1. The van der Waals surface area contributed by atoms with E-state index >= 15 is 0 Å². The molecule has 0 aliphatic heterocycles. The van der Waals surface area contributed by atoms with Gasteiger partial charge in [-0.15, -0.1) is 0 Å². The van der Waals surface area contributed by atoms with Crippen molar-refractivity contribution >= 4 is 45.9 Å². The van der Waals surface area contributed by atoms with Crippen molar-refractivity contribution < 1.29 is 14.7 Å². The highest BCUT2D eigenvalue weighted by atomic mass is 35.5. The van der Waals surface area contributed by atoms with Gasteiger partial charge in [-0.05, 0) is 11.5 Å². The zero-order chi connectivity index (χ0) is 14.4. The molecule has 0 aliphatic rings. The van der Waals surface area contributed by atoms with Gasteiger partial charge in [-0.25, -0.2) is 4.79 Å². The number of nitrogens with zero attached hydrogens (tertiary/aromatic N) is 1. The maximum Gasteiger partial charge on any atom is 0.337 e. The van der Waals surface area contributed by atoms with Crippen molar-refractivity contribution in [3.8, 4) is 0 Å². The lowest BCUT2D eigenvalue weighted by Crippen LogP contribution is -2.13. The first-order valence-corrected chi connectivity index (χ1v) is 5.95. The molecule has 0 aliphatic carbocycles. The molecule has 0 atom stereocenters. The molecule has 0 unspecified atom stereocenters. The molecule has 100 valence electrons. The van der Waals surface area contributed by atoms with E-state index in [0.717, 1.165) is 10.8 Å². The SMILES string of the molecule is NC(=O)c1nccc2ccccc12.O=C(O)C(Cl)Cl. The summed E-state index contributed by atoms with van der Waals surface area (Å²) in [6.07, 6.45) is 1.59. The molecule has 19 heavy (non-hydrogen) atoms. The Bertz CT molecular complexity index is 597. The summed E-state index contributed by atoms with van der Waals surface area (Å²) in [5.41, 5.74) is 5.51. The van der Waals surface area contributed by atoms with E-state index in [0.29, 0.717) is 5.69 Å². The maximum absolute atomic E-state index is 11.0. The summed E-state index contributed by atoms with van der Waals surface area (Å²) >= 11 is 9.56. The molecular weight excluding hydrogens is 291 g/mol. The third-order valence-electron chi connectivity index (χ3n) is 2.09. The van der Waals surface area contributed by atoms with Crippen molar-refractivity contribution in [2.24, 2.45) is 5.73 Å². The van der Waals surface area contributed by atoms with Gasteiger partial charge >= 0.3 is 5.97 Å². The van der Waals surface area contributed by atoms with Crippen LogP contribution >= 0.6 is 23.2 Å². The molecule has 5 nitrogen and oxygen atoms in total. The first kappa shape index (κ1) is 15.2. The van der Waals surface area contributed by atoms with Crippen LogP contribution in [0.1, 0.15) is 10.5 Å². The Balaban J connectivity index is 0.000000258. The summed E-state index contributed by atoms with van der Waals surface area (Å²) in [7, 11) is 0. The van der Waals surface area contributed by atoms with Gasteiger partial charge < -0.3 is 10.8 Å². The number of aromatic nitrogens is 1. The lowest BCUT2D eigenvalue weighted by molar-refractivity contribution is -0.135. The number of rotatable bonds is 2. The number of carbonyl (C=O) groups is 2. The van der Waals surface area contributed by atoms with Crippen LogP contribution in [0.4, 0.5) is 0 Å². The predicted octanol–water partition coefficient (Wildman–Crippen LogP) is 2.21. The summed E-state index contributed by atoms with van der Waals surface area (Å²) in [6, 6.07) is 9.37. The lowest BCUT2D eigenvalue weighted by atomic mass is 10.1. The topological polar surface area (TPSA) is 93.3 Å². The van der Waals surface area contributed by atoms with Crippen molar-refractivity contribution in [2.45, 2.75) is 4.84 Å². The van der Waals surface area contributed by atoms with Crippen LogP contribution in [-0.2, 0) is 4.79 Å². The molecule has 0 spiro atoms. The van der Waals surface area contributed by atoms with Gasteiger partial charge in [0, 0.05) is 11.6 Å². The van der Waals surface area contributed by atoms with E-state index in [2.05, 4.69) is 4.98 Å². The molecule has 0 bridgehead atoms. The number of carboxylic acids is 1. The van der Waals surface area contributed by atoms with E-state index < -0.39 is 16.7 Å². The quantitative estimate of drug-likeness (QED) is 0.832. The minimum absolute atomic E-state index is 0.332. The van der Waals surface area contributed by atoms with E-state index in [4.69, 9.17) is 34.0 Å². The molecule has 7 heteroatoms. The van der Waals surface area contributed by atoms with Crippen LogP contribution in [-0.4, -0.2) is 26.8 Å². The van der Waals surface area contributed by atoms with E-state index in [1.807, 2.05) is 30.3 Å². The van der Waals surface area contributed by atoms with Gasteiger partial charge in [0.2, 0.25) is 4.84 Å². The van der Waals surface area contributed by atoms with Gasteiger partial charge in [0.25, 0.3) is 5.91 Å². The number of alkyl halides is 2. The van der Waals surface area contributed by atoms with Gasteiger partial charge in [-0.3, -0.25) is 9.78 Å². The number of hydrogen-bond acceptors (Lipinski definition) is 3. The number of nitrogens with two attached hydrogens (primary N) is 1. The molecule has 0 fully saturated rings. The van der Waals surface area contributed by atoms with Crippen LogP contribution in [0.25, 0.3) is 10.8 Å². The molecule has 1 aromatic heterocycles. The average molecular weight is 301 g/mol. The summed E-state index contributed by atoms with van der Waals surface area (Å²) < 4.78 is 0. The number of fused-ring (bicyclic) bond motifs is 1. The summed E-state index contributed by atoms with van der Waals surface area (Å²) in [6.45, 7) is 0. The van der Waals surface area contributed by atoms with Crippen LogP contribution in [0.15, 0.2) is 36.5 Å². The number of pyridine rings is 1. The predicted molar refractivity (Wildman–Crippen MR) is 73.4 cm³/mol. The van der Waals surface area contributed by atoms with Crippen LogP contribution in [0.3, 0.4) is 0 Å². The minimum atomic E-state index is -1.29. The Morgan fingerprint density at radius 2 is 1.79 bits per heavy atom. The Kier molecular flexibility index (Phi) is 5.54. The smallest absolute Gasteiger partial charge is 0.337 e. The fourth-order valence-corrected chi connectivity index (χ4v) is 1.32. The zero-order valence-corrected chi connectivity index (χ0v) is 11.1. The van der Waals surface area contributed by atoms with E-state index in [1.165, 1.54) is 0 Å². The van der Waals surface area contributed by atoms with Crippen LogP contribution in [0, 0.1) is 0 Å². The zero-order valence-electron chi connectivity index (χ0n) is 9.59. The standard InChI is InChI=1S/C10H8N2O.C2H2Cl2O2/c11-10(13)9-8-4-2-1-3-7(8)5-6-12-9;3-1(4)2(5)6/h1-6H,(H2,11,13);1H,(H,5,6). The van der Waals surface area contributed by atoms with Gasteiger partial charge in [-0.1, -0.05) is 47.5 Å². The summed E-state index contributed by atoms with van der Waals surface area (Å²) in [5, 5.41) is 9.51. The fraction of sp³-hybridized carbons (Fsp3) is 0.0833. The second-order valence-electron chi connectivity index (χ2n) is 3.38. The number of carboxylic acid groups (broad SMARTS) is 1.